The van der Waals surface area contributed by atoms with Gasteiger partial charge in [0.2, 0.25) is 0 Å². The molecular formula is C14H21N3O3S. The number of nitrogens with one attached hydrogen (secondary N) is 2. The van der Waals surface area contributed by atoms with Crippen molar-refractivity contribution < 1.29 is 14.7 Å². The van der Waals surface area contributed by atoms with Gasteiger partial charge in [0.25, 0.3) is 0 Å². The van der Waals surface area contributed by atoms with Gasteiger partial charge in [-0.05, 0) is 19.3 Å². The van der Waals surface area contributed by atoms with E-state index in [1.54, 1.807) is 6.92 Å². The van der Waals surface area contributed by atoms with Crippen LogP contribution in [0.2, 0.25) is 0 Å². The Hall–Kier alpha value is -1.63. The second-order valence-corrected chi connectivity index (χ2v) is 6.33. The summed E-state index contributed by atoms with van der Waals surface area (Å²) in [6, 6.07) is -0.526. The normalized spacial score (nSPS) is 16.6. The quantitative estimate of drug-likeness (QED) is 0.753. The van der Waals surface area contributed by atoms with Crippen molar-refractivity contribution in [3.63, 3.8) is 0 Å². The number of urea groups is 1. The number of carbonyl (C=O) groups excluding carboxylic acids is 1. The van der Waals surface area contributed by atoms with Crippen molar-refractivity contribution in [3.8, 4) is 0 Å². The van der Waals surface area contributed by atoms with E-state index in [1.807, 2.05) is 0 Å². The molecule has 3 N–H and O–H groups in total. The molecule has 2 rings (SSSR count). The molecule has 21 heavy (non-hydrogen) atoms. The summed E-state index contributed by atoms with van der Waals surface area (Å²) in [6.07, 6.45) is 6.20. The molecule has 1 aromatic rings. The molecule has 0 saturated heterocycles. The number of carboxylic acid groups (broad SMARTS) is 1. The fourth-order valence-corrected chi connectivity index (χ4v) is 3.38. The molecule has 1 atom stereocenters. The molecule has 1 fully saturated rings. The van der Waals surface area contributed by atoms with Crippen LogP contribution in [0.25, 0.3) is 0 Å². The second kappa shape index (κ2) is 7.40. The maximum atomic E-state index is 11.8. The molecule has 1 heterocycles. The highest BCUT2D eigenvalue weighted by Gasteiger charge is 2.17. The van der Waals surface area contributed by atoms with Crippen molar-refractivity contribution in [1.29, 1.82) is 0 Å². The number of rotatable bonds is 6. The van der Waals surface area contributed by atoms with E-state index in [0.717, 1.165) is 12.3 Å². The Labute approximate surface area is 128 Å². The number of carboxylic acids is 1. The standard InChI is InChI=1S/C14H21N3O3S/c1-9(12-17-11(8-21-12)13(18)19)16-14(20)15-7-6-10-4-2-3-5-10/h8-10H,2-7H2,1H3,(H,18,19)(H2,15,16,20). The van der Waals surface area contributed by atoms with Crippen molar-refractivity contribution >= 4 is 23.3 Å². The molecule has 6 nitrogen and oxygen atoms in total. The van der Waals surface area contributed by atoms with E-state index >= 15 is 0 Å². The number of amides is 2. The van der Waals surface area contributed by atoms with Crippen LogP contribution in [0.1, 0.15) is 60.6 Å². The van der Waals surface area contributed by atoms with Crippen LogP contribution >= 0.6 is 11.3 Å². The maximum absolute atomic E-state index is 11.8. The molecule has 116 valence electrons. The van der Waals surface area contributed by atoms with Crippen LogP contribution in [-0.2, 0) is 0 Å². The summed E-state index contributed by atoms with van der Waals surface area (Å²) in [7, 11) is 0. The van der Waals surface area contributed by atoms with E-state index in [9.17, 15) is 9.59 Å². The van der Waals surface area contributed by atoms with Gasteiger partial charge in [-0.25, -0.2) is 14.6 Å². The molecule has 7 heteroatoms. The number of nitrogens with zero attached hydrogens (tertiary/aromatic N) is 1. The van der Waals surface area contributed by atoms with E-state index in [4.69, 9.17) is 5.11 Å². The SMILES string of the molecule is CC(NC(=O)NCCC1CCCC1)c1nc(C(=O)O)cs1. The van der Waals surface area contributed by atoms with E-state index in [2.05, 4.69) is 15.6 Å². The van der Waals surface area contributed by atoms with Crippen LogP contribution in [0.4, 0.5) is 4.79 Å². The lowest BCUT2D eigenvalue weighted by molar-refractivity contribution is 0.0691. The van der Waals surface area contributed by atoms with Gasteiger partial charge in [0.1, 0.15) is 5.01 Å². The van der Waals surface area contributed by atoms with Gasteiger partial charge >= 0.3 is 12.0 Å². The van der Waals surface area contributed by atoms with E-state index in [1.165, 1.54) is 42.4 Å². The molecule has 0 aromatic carbocycles. The maximum Gasteiger partial charge on any atom is 0.355 e. The predicted molar refractivity (Wildman–Crippen MR) is 80.6 cm³/mol. The molecule has 1 saturated carbocycles. The summed E-state index contributed by atoms with van der Waals surface area (Å²) in [6.45, 7) is 2.47. The summed E-state index contributed by atoms with van der Waals surface area (Å²) in [5, 5.41) is 16.5. The summed E-state index contributed by atoms with van der Waals surface area (Å²) >= 11 is 1.24. The first-order valence-corrected chi connectivity index (χ1v) is 8.17. The number of carbonyl (C=O) groups is 2. The van der Waals surface area contributed by atoms with Crippen LogP contribution < -0.4 is 10.6 Å². The highest BCUT2D eigenvalue weighted by atomic mass is 32.1. The van der Waals surface area contributed by atoms with Crippen LogP contribution in [0, 0.1) is 5.92 Å². The monoisotopic (exact) mass is 311 g/mol. The number of aromatic carboxylic acids is 1. The summed E-state index contributed by atoms with van der Waals surface area (Å²) in [5.74, 6) is -0.300. The van der Waals surface area contributed by atoms with Crippen molar-refractivity contribution in [2.45, 2.75) is 45.1 Å². The van der Waals surface area contributed by atoms with Gasteiger partial charge < -0.3 is 15.7 Å². The fourth-order valence-electron chi connectivity index (χ4n) is 2.58. The first-order valence-electron chi connectivity index (χ1n) is 7.29. The van der Waals surface area contributed by atoms with Crippen molar-refractivity contribution in [3.05, 3.63) is 16.1 Å². The van der Waals surface area contributed by atoms with Gasteiger partial charge in [0, 0.05) is 11.9 Å². The average Bonchev–Trinajstić information content (AvgIpc) is 3.09. The van der Waals surface area contributed by atoms with Crippen LogP contribution in [0.5, 0.6) is 0 Å². The van der Waals surface area contributed by atoms with Gasteiger partial charge in [-0.2, -0.15) is 0 Å². The Morgan fingerprint density at radius 3 is 2.81 bits per heavy atom. The molecule has 2 amide bonds. The molecule has 1 unspecified atom stereocenters. The summed E-state index contributed by atoms with van der Waals surface area (Å²) in [5.41, 5.74) is 0.0188. The number of thiazole rings is 1. The van der Waals surface area contributed by atoms with Gasteiger partial charge in [-0.3, -0.25) is 0 Å². The molecule has 0 bridgehead atoms. The fraction of sp³-hybridized carbons (Fsp3) is 0.643. The smallest absolute Gasteiger partial charge is 0.355 e. The van der Waals surface area contributed by atoms with E-state index < -0.39 is 5.97 Å². The lowest BCUT2D eigenvalue weighted by Gasteiger charge is -2.13. The molecule has 0 radical (unpaired) electrons. The predicted octanol–water partition coefficient (Wildman–Crippen LogP) is 2.78. The molecule has 1 aliphatic rings. The van der Waals surface area contributed by atoms with Gasteiger partial charge in [-0.15, -0.1) is 11.3 Å². The number of hydrogen-bond donors (Lipinski definition) is 3. The summed E-state index contributed by atoms with van der Waals surface area (Å²) < 4.78 is 0. The second-order valence-electron chi connectivity index (χ2n) is 5.44. The van der Waals surface area contributed by atoms with Crippen molar-refractivity contribution in [1.82, 2.24) is 15.6 Å². The van der Waals surface area contributed by atoms with Gasteiger partial charge in [-0.1, -0.05) is 25.7 Å². The third kappa shape index (κ3) is 4.70. The molecule has 1 aromatic heterocycles. The summed E-state index contributed by atoms with van der Waals surface area (Å²) in [4.78, 5) is 26.5. The minimum absolute atomic E-state index is 0.0188. The minimum Gasteiger partial charge on any atom is -0.476 e. The molecular weight excluding hydrogens is 290 g/mol. The Kier molecular flexibility index (Phi) is 5.55. The van der Waals surface area contributed by atoms with Crippen LogP contribution in [-0.4, -0.2) is 28.6 Å². The highest BCUT2D eigenvalue weighted by molar-refractivity contribution is 7.09. The third-order valence-electron chi connectivity index (χ3n) is 3.77. The number of aromatic nitrogens is 1. The number of hydrogen-bond acceptors (Lipinski definition) is 4. The first-order chi connectivity index (χ1) is 10.1. The average molecular weight is 311 g/mol. The van der Waals surface area contributed by atoms with Gasteiger partial charge in [0.05, 0.1) is 6.04 Å². The van der Waals surface area contributed by atoms with Crippen LogP contribution in [0.3, 0.4) is 0 Å². The minimum atomic E-state index is -1.05. The Morgan fingerprint density at radius 1 is 1.48 bits per heavy atom. The first kappa shape index (κ1) is 15.8. The lowest BCUT2D eigenvalue weighted by Crippen LogP contribution is -2.37. The zero-order valence-electron chi connectivity index (χ0n) is 12.1. The largest absolute Gasteiger partial charge is 0.476 e. The van der Waals surface area contributed by atoms with E-state index in [0.29, 0.717) is 11.6 Å². The Balaban J connectivity index is 1.71. The van der Waals surface area contributed by atoms with E-state index in [-0.39, 0.29) is 17.8 Å². The Morgan fingerprint density at radius 2 is 2.19 bits per heavy atom. The van der Waals surface area contributed by atoms with Crippen LogP contribution in [0.15, 0.2) is 5.38 Å². The zero-order chi connectivity index (χ0) is 15.2. The highest BCUT2D eigenvalue weighted by Crippen LogP contribution is 2.26. The van der Waals surface area contributed by atoms with Crippen molar-refractivity contribution in [2.24, 2.45) is 5.92 Å². The van der Waals surface area contributed by atoms with Crippen molar-refractivity contribution in [2.75, 3.05) is 6.54 Å². The zero-order valence-corrected chi connectivity index (χ0v) is 12.9. The topological polar surface area (TPSA) is 91.3 Å². The molecule has 0 aliphatic heterocycles. The third-order valence-corrected chi connectivity index (χ3v) is 4.80. The lowest BCUT2D eigenvalue weighted by atomic mass is 10.0. The van der Waals surface area contributed by atoms with Gasteiger partial charge in [0.15, 0.2) is 5.69 Å². The Bertz CT molecular complexity index is 497. The molecule has 0 spiro atoms. The molecule has 1 aliphatic carbocycles.